The van der Waals surface area contributed by atoms with Crippen molar-refractivity contribution < 1.29 is 22.7 Å². The molecule has 1 saturated heterocycles. The first-order valence-corrected chi connectivity index (χ1v) is 8.20. The molecule has 1 aromatic rings. The van der Waals surface area contributed by atoms with Crippen molar-refractivity contribution in [3.63, 3.8) is 0 Å². The van der Waals surface area contributed by atoms with E-state index in [0.717, 1.165) is 12.0 Å². The maximum atomic E-state index is 13.2. The lowest BCUT2D eigenvalue weighted by atomic mass is 10.0. The van der Waals surface area contributed by atoms with E-state index in [1.165, 1.54) is 0 Å². The summed E-state index contributed by atoms with van der Waals surface area (Å²) in [7, 11) is 0. The van der Waals surface area contributed by atoms with Gasteiger partial charge in [0.1, 0.15) is 6.04 Å². The molecule has 2 atom stereocenters. The molecule has 0 bridgehead atoms. The number of halogens is 3. The highest BCUT2D eigenvalue weighted by atomic mass is 19.4. The average Bonchev–Trinajstić information content (AvgIpc) is 2.80. The Labute approximate surface area is 139 Å². The van der Waals surface area contributed by atoms with Gasteiger partial charge in [-0.3, -0.25) is 0 Å². The molecule has 1 aromatic carbocycles. The molecule has 0 spiro atoms. The van der Waals surface area contributed by atoms with Crippen LogP contribution in [0.15, 0.2) is 30.3 Å². The zero-order valence-electron chi connectivity index (χ0n) is 13.4. The standard InChI is InChI=1S/C17H23F3N2O2/c18-17(19,20)15(9-8-13-5-2-1-3-6-13)22-16(23)21-14-7-4-11-24-12-10-14/h1-3,5-6,14-15H,4,7-12H2,(H2,21,22,23). The van der Waals surface area contributed by atoms with Crippen molar-refractivity contribution in [3.8, 4) is 0 Å². The van der Waals surface area contributed by atoms with Crippen molar-refractivity contribution in [2.45, 2.75) is 50.4 Å². The minimum atomic E-state index is -4.47. The molecule has 0 saturated carbocycles. The second-order valence-electron chi connectivity index (χ2n) is 5.98. The van der Waals surface area contributed by atoms with Crippen LogP contribution in [0.25, 0.3) is 0 Å². The van der Waals surface area contributed by atoms with Gasteiger partial charge in [0.25, 0.3) is 0 Å². The number of alkyl halides is 3. The molecule has 7 heteroatoms. The predicted molar refractivity (Wildman–Crippen MR) is 84.7 cm³/mol. The molecule has 1 aliphatic heterocycles. The summed E-state index contributed by atoms with van der Waals surface area (Å²) >= 11 is 0. The number of benzene rings is 1. The second-order valence-corrected chi connectivity index (χ2v) is 5.98. The third-order valence-electron chi connectivity index (χ3n) is 4.05. The summed E-state index contributed by atoms with van der Waals surface area (Å²) in [5.74, 6) is 0. The van der Waals surface area contributed by atoms with E-state index in [1.54, 1.807) is 24.3 Å². The summed E-state index contributed by atoms with van der Waals surface area (Å²) in [6.07, 6.45) is -2.28. The van der Waals surface area contributed by atoms with Gasteiger partial charge < -0.3 is 15.4 Å². The highest BCUT2D eigenvalue weighted by Crippen LogP contribution is 2.24. The van der Waals surface area contributed by atoms with Gasteiger partial charge in [0.2, 0.25) is 0 Å². The Morgan fingerprint density at radius 1 is 1.21 bits per heavy atom. The van der Waals surface area contributed by atoms with Gasteiger partial charge in [0.15, 0.2) is 0 Å². The molecule has 2 rings (SSSR count). The lowest BCUT2D eigenvalue weighted by molar-refractivity contribution is -0.154. The highest BCUT2D eigenvalue weighted by Gasteiger charge is 2.40. The van der Waals surface area contributed by atoms with Crippen LogP contribution in [0.3, 0.4) is 0 Å². The van der Waals surface area contributed by atoms with E-state index >= 15 is 0 Å². The van der Waals surface area contributed by atoms with Crippen LogP contribution in [0, 0.1) is 0 Å². The first-order valence-electron chi connectivity index (χ1n) is 8.20. The fourth-order valence-electron chi connectivity index (χ4n) is 2.71. The molecule has 2 unspecified atom stereocenters. The predicted octanol–water partition coefficient (Wildman–Crippen LogP) is 3.42. The number of ether oxygens (including phenoxy) is 1. The quantitative estimate of drug-likeness (QED) is 0.860. The van der Waals surface area contributed by atoms with Crippen molar-refractivity contribution >= 4 is 6.03 Å². The number of rotatable bonds is 5. The van der Waals surface area contributed by atoms with E-state index in [-0.39, 0.29) is 18.9 Å². The van der Waals surface area contributed by atoms with E-state index in [9.17, 15) is 18.0 Å². The molecule has 4 nitrogen and oxygen atoms in total. The van der Waals surface area contributed by atoms with Crippen LogP contribution in [-0.4, -0.2) is 37.5 Å². The largest absolute Gasteiger partial charge is 0.408 e. The van der Waals surface area contributed by atoms with Gasteiger partial charge in [-0.25, -0.2) is 4.79 Å². The molecule has 0 aromatic heterocycles. The summed E-state index contributed by atoms with van der Waals surface area (Å²) < 4.78 is 44.8. The van der Waals surface area contributed by atoms with Crippen LogP contribution in [0.2, 0.25) is 0 Å². The van der Waals surface area contributed by atoms with Gasteiger partial charge in [0, 0.05) is 19.3 Å². The fraction of sp³-hybridized carbons (Fsp3) is 0.588. The zero-order valence-corrected chi connectivity index (χ0v) is 13.4. The van der Waals surface area contributed by atoms with E-state index in [1.807, 2.05) is 6.07 Å². The monoisotopic (exact) mass is 344 g/mol. The molecule has 2 N–H and O–H groups in total. The van der Waals surface area contributed by atoms with Crippen LogP contribution in [0.1, 0.15) is 31.2 Å². The Balaban J connectivity index is 1.86. The van der Waals surface area contributed by atoms with Crippen LogP contribution in [0.5, 0.6) is 0 Å². The second kappa shape index (κ2) is 8.92. The molecular formula is C17H23F3N2O2. The molecule has 1 fully saturated rings. The van der Waals surface area contributed by atoms with Crippen molar-refractivity contribution in [1.82, 2.24) is 10.6 Å². The number of carbonyl (C=O) groups excluding carboxylic acids is 1. The normalized spacial score (nSPS) is 20.0. The maximum absolute atomic E-state index is 13.2. The Morgan fingerprint density at radius 3 is 2.67 bits per heavy atom. The maximum Gasteiger partial charge on any atom is 0.408 e. The molecule has 0 aliphatic carbocycles. The van der Waals surface area contributed by atoms with Gasteiger partial charge in [-0.15, -0.1) is 0 Å². The van der Waals surface area contributed by atoms with Gasteiger partial charge >= 0.3 is 12.2 Å². The van der Waals surface area contributed by atoms with E-state index in [4.69, 9.17) is 4.74 Å². The Bertz CT molecular complexity index is 500. The topological polar surface area (TPSA) is 50.4 Å². The lowest BCUT2D eigenvalue weighted by Gasteiger charge is -2.24. The molecule has 24 heavy (non-hydrogen) atoms. The first kappa shape index (κ1) is 18.6. The summed E-state index contributed by atoms with van der Waals surface area (Å²) in [6, 6.07) is 6.16. The summed E-state index contributed by atoms with van der Waals surface area (Å²) in [5, 5.41) is 4.71. The average molecular weight is 344 g/mol. The third-order valence-corrected chi connectivity index (χ3v) is 4.05. The smallest absolute Gasteiger partial charge is 0.381 e. The lowest BCUT2D eigenvalue weighted by Crippen LogP contribution is -2.51. The molecule has 0 radical (unpaired) electrons. The SMILES string of the molecule is O=C(NC1CCCOCC1)NC(CCc1ccccc1)C(F)(F)F. The summed E-state index contributed by atoms with van der Waals surface area (Å²) in [6.45, 7) is 1.14. The van der Waals surface area contributed by atoms with Crippen LogP contribution in [0.4, 0.5) is 18.0 Å². The molecule has 1 aliphatic rings. The van der Waals surface area contributed by atoms with Crippen molar-refractivity contribution in [2.75, 3.05) is 13.2 Å². The number of nitrogens with one attached hydrogen (secondary N) is 2. The molecule has 2 amide bonds. The van der Waals surface area contributed by atoms with E-state index < -0.39 is 18.2 Å². The van der Waals surface area contributed by atoms with E-state index in [0.29, 0.717) is 26.1 Å². The number of amides is 2. The van der Waals surface area contributed by atoms with Crippen LogP contribution >= 0.6 is 0 Å². The Kier molecular flexibility index (Phi) is 6.90. The van der Waals surface area contributed by atoms with Gasteiger partial charge in [-0.1, -0.05) is 30.3 Å². The van der Waals surface area contributed by atoms with Gasteiger partial charge in [-0.05, 0) is 37.7 Å². The number of hydrogen-bond acceptors (Lipinski definition) is 2. The molecule has 134 valence electrons. The third kappa shape index (κ3) is 6.39. The Hall–Kier alpha value is -1.76. The summed E-state index contributed by atoms with van der Waals surface area (Å²) in [4.78, 5) is 11.9. The van der Waals surface area contributed by atoms with E-state index in [2.05, 4.69) is 10.6 Å². The number of hydrogen-bond donors (Lipinski definition) is 2. The van der Waals surface area contributed by atoms with Crippen molar-refractivity contribution in [2.24, 2.45) is 0 Å². The van der Waals surface area contributed by atoms with Gasteiger partial charge in [-0.2, -0.15) is 13.2 Å². The minimum absolute atomic E-state index is 0.143. The Morgan fingerprint density at radius 2 is 1.96 bits per heavy atom. The van der Waals surface area contributed by atoms with Crippen molar-refractivity contribution in [1.29, 1.82) is 0 Å². The fourth-order valence-corrected chi connectivity index (χ4v) is 2.71. The van der Waals surface area contributed by atoms with Crippen LogP contribution in [-0.2, 0) is 11.2 Å². The molecular weight excluding hydrogens is 321 g/mol. The zero-order chi connectivity index (χ0) is 17.4. The molecule has 1 heterocycles. The van der Waals surface area contributed by atoms with Crippen LogP contribution < -0.4 is 10.6 Å². The number of aryl methyl sites for hydroxylation is 1. The number of urea groups is 1. The van der Waals surface area contributed by atoms with Gasteiger partial charge in [0.05, 0.1) is 0 Å². The van der Waals surface area contributed by atoms with Crippen molar-refractivity contribution in [3.05, 3.63) is 35.9 Å². The first-order chi connectivity index (χ1) is 11.4. The number of carbonyl (C=O) groups is 1. The minimum Gasteiger partial charge on any atom is -0.381 e. The summed E-state index contributed by atoms with van der Waals surface area (Å²) in [5.41, 5.74) is 0.815. The highest BCUT2D eigenvalue weighted by molar-refractivity contribution is 5.74.